The monoisotopic (exact) mass is 167 g/mol. The van der Waals surface area contributed by atoms with Crippen LogP contribution in [0.4, 0.5) is 5.13 Å². The smallest absolute Gasteiger partial charge is 0.184 e. The Hall–Kier alpha value is -0.830. The number of hydrogen-bond donors (Lipinski definition) is 0. The third-order valence-electron chi connectivity index (χ3n) is 1.18. The fourth-order valence-corrected chi connectivity index (χ4v) is 1.41. The van der Waals surface area contributed by atoms with Gasteiger partial charge < -0.3 is 4.90 Å². The summed E-state index contributed by atoms with van der Waals surface area (Å²) >= 11 is 1.63. The van der Waals surface area contributed by atoms with Gasteiger partial charge in [0.1, 0.15) is 0 Å². The summed E-state index contributed by atoms with van der Waals surface area (Å²) in [6.07, 6.45) is 3.64. The molecule has 0 aliphatic rings. The molecule has 0 unspecified atom stereocenters. The molecule has 1 radical (unpaired) electrons. The Morgan fingerprint density at radius 2 is 2.36 bits per heavy atom. The highest BCUT2D eigenvalue weighted by molar-refractivity contribution is 7.13. The van der Waals surface area contributed by atoms with Gasteiger partial charge in [-0.15, -0.1) is 17.9 Å². The summed E-state index contributed by atoms with van der Waals surface area (Å²) in [5.74, 6) is 0. The third kappa shape index (κ3) is 2.05. The maximum atomic E-state index is 4.32. The average Bonchev–Trinajstić information content (AvgIpc) is 2.37. The maximum absolute atomic E-state index is 4.32. The average molecular weight is 167 g/mol. The molecule has 3 heteroatoms. The van der Waals surface area contributed by atoms with Crippen molar-refractivity contribution in [2.75, 3.05) is 19.0 Å². The Bertz CT molecular complexity index is 240. The topological polar surface area (TPSA) is 16.1 Å². The zero-order chi connectivity index (χ0) is 8.27. The second-order valence-corrected chi connectivity index (χ2v) is 3.19. The second-order valence-electron chi connectivity index (χ2n) is 2.35. The first-order valence-corrected chi connectivity index (χ1v) is 4.20. The first-order valence-electron chi connectivity index (χ1n) is 3.32. The molecule has 1 aromatic heterocycles. The Morgan fingerprint density at radius 1 is 1.64 bits per heavy atom. The summed E-state index contributed by atoms with van der Waals surface area (Å²) in [5, 5.41) is 3.04. The van der Waals surface area contributed by atoms with Gasteiger partial charge in [0.05, 0.1) is 5.69 Å². The molecule has 0 spiro atoms. The van der Waals surface area contributed by atoms with Crippen molar-refractivity contribution in [1.82, 2.24) is 4.98 Å². The molecule has 0 amide bonds. The molecule has 1 rings (SSSR count). The summed E-state index contributed by atoms with van der Waals surface area (Å²) in [7, 11) is 3.97. The van der Waals surface area contributed by atoms with Gasteiger partial charge >= 0.3 is 0 Å². The first-order chi connectivity index (χ1) is 5.24. The number of anilines is 1. The third-order valence-corrected chi connectivity index (χ3v) is 2.21. The lowest BCUT2D eigenvalue weighted by Gasteiger charge is -2.05. The predicted molar refractivity (Wildman–Crippen MR) is 50.0 cm³/mol. The number of nitrogens with zero attached hydrogens (tertiary/aromatic N) is 2. The molecule has 0 fully saturated rings. The minimum absolute atomic E-state index is 0.980. The van der Waals surface area contributed by atoms with Crippen LogP contribution in [0.25, 0.3) is 0 Å². The predicted octanol–water partition coefficient (Wildman–Crippen LogP) is 1.95. The van der Waals surface area contributed by atoms with Gasteiger partial charge in [-0.1, -0.05) is 6.08 Å². The van der Waals surface area contributed by atoms with Crippen molar-refractivity contribution in [2.24, 2.45) is 0 Å². The Morgan fingerprint density at radius 3 is 2.82 bits per heavy atom. The van der Waals surface area contributed by atoms with Crippen LogP contribution in [0.2, 0.25) is 0 Å². The van der Waals surface area contributed by atoms with Crippen LogP contribution in [0.1, 0.15) is 5.69 Å². The van der Waals surface area contributed by atoms with Crippen LogP contribution in [-0.2, 0) is 0 Å². The SMILES string of the molecule is C=C[CH]c1csc(N(C)C)n1. The van der Waals surface area contributed by atoms with E-state index in [2.05, 4.69) is 11.6 Å². The molecule has 59 valence electrons. The van der Waals surface area contributed by atoms with E-state index in [1.165, 1.54) is 0 Å². The van der Waals surface area contributed by atoms with Crippen molar-refractivity contribution in [1.29, 1.82) is 0 Å². The maximum Gasteiger partial charge on any atom is 0.184 e. The van der Waals surface area contributed by atoms with Crippen molar-refractivity contribution >= 4 is 16.5 Å². The number of hydrogen-bond acceptors (Lipinski definition) is 3. The summed E-state index contributed by atoms with van der Waals surface area (Å²) in [5.41, 5.74) is 0.980. The van der Waals surface area contributed by atoms with Crippen LogP contribution in [0.5, 0.6) is 0 Å². The minimum Gasteiger partial charge on any atom is -0.354 e. The number of thiazole rings is 1. The van der Waals surface area contributed by atoms with Gasteiger partial charge in [-0.3, -0.25) is 0 Å². The fraction of sp³-hybridized carbons (Fsp3) is 0.250. The molecule has 11 heavy (non-hydrogen) atoms. The summed E-state index contributed by atoms with van der Waals surface area (Å²) in [4.78, 5) is 6.31. The molecule has 0 atom stereocenters. The van der Waals surface area contributed by atoms with Crippen molar-refractivity contribution in [3.8, 4) is 0 Å². The molecule has 0 aromatic carbocycles. The Kier molecular flexibility index (Phi) is 2.65. The number of aromatic nitrogens is 1. The highest BCUT2D eigenvalue weighted by atomic mass is 32.1. The largest absolute Gasteiger partial charge is 0.354 e. The van der Waals surface area contributed by atoms with Crippen LogP contribution < -0.4 is 4.90 Å². The van der Waals surface area contributed by atoms with Crippen molar-refractivity contribution in [3.05, 3.63) is 30.1 Å². The van der Waals surface area contributed by atoms with E-state index in [9.17, 15) is 0 Å². The van der Waals surface area contributed by atoms with Crippen LogP contribution >= 0.6 is 11.3 Å². The van der Waals surface area contributed by atoms with Gasteiger partial charge in [0.25, 0.3) is 0 Å². The first kappa shape index (κ1) is 8.27. The quantitative estimate of drug-likeness (QED) is 0.684. The van der Waals surface area contributed by atoms with Crippen LogP contribution in [0.15, 0.2) is 18.0 Å². The van der Waals surface area contributed by atoms with Crippen molar-refractivity contribution in [3.63, 3.8) is 0 Å². The van der Waals surface area contributed by atoms with E-state index in [1.54, 1.807) is 17.4 Å². The van der Waals surface area contributed by atoms with Gasteiger partial charge in [0, 0.05) is 25.9 Å². The van der Waals surface area contributed by atoms with Gasteiger partial charge in [-0.05, 0) is 0 Å². The summed E-state index contributed by atoms with van der Waals surface area (Å²) in [6, 6.07) is 0. The van der Waals surface area contributed by atoms with Gasteiger partial charge in [0.2, 0.25) is 0 Å². The van der Waals surface area contributed by atoms with E-state index in [0.717, 1.165) is 10.8 Å². The fourth-order valence-electron chi connectivity index (χ4n) is 0.679. The van der Waals surface area contributed by atoms with Gasteiger partial charge in [-0.2, -0.15) is 0 Å². The molecule has 0 saturated heterocycles. The minimum atomic E-state index is 0.980. The zero-order valence-corrected chi connectivity index (χ0v) is 7.56. The van der Waals surface area contributed by atoms with Crippen LogP contribution in [0.3, 0.4) is 0 Å². The van der Waals surface area contributed by atoms with Crippen LogP contribution in [-0.4, -0.2) is 19.1 Å². The standard InChI is InChI=1S/C8H11N2S/c1-4-5-7-6-11-8(9-7)10(2)3/h4-6H,1H2,2-3H3. The van der Waals surface area contributed by atoms with E-state index >= 15 is 0 Å². The molecule has 1 aromatic rings. The second kappa shape index (κ2) is 3.53. The van der Waals surface area contributed by atoms with E-state index in [-0.39, 0.29) is 0 Å². The summed E-state index contributed by atoms with van der Waals surface area (Å²) in [6.45, 7) is 3.61. The van der Waals surface area contributed by atoms with E-state index in [4.69, 9.17) is 0 Å². The number of allylic oxidation sites excluding steroid dienone is 1. The Labute approximate surface area is 71.2 Å². The molecule has 0 aliphatic carbocycles. The molecule has 2 nitrogen and oxygen atoms in total. The van der Waals surface area contributed by atoms with Gasteiger partial charge in [0.15, 0.2) is 5.13 Å². The molecular weight excluding hydrogens is 156 g/mol. The van der Waals surface area contributed by atoms with E-state index < -0.39 is 0 Å². The number of rotatable bonds is 3. The lowest BCUT2D eigenvalue weighted by molar-refractivity contribution is 1.09. The van der Waals surface area contributed by atoms with Crippen molar-refractivity contribution in [2.45, 2.75) is 0 Å². The van der Waals surface area contributed by atoms with Gasteiger partial charge in [-0.25, -0.2) is 4.98 Å². The molecule has 1 heterocycles. The summed E-state index contributed by atoms with van der Waals surface area (Å²) < 4.78 is 0. The van der Waals surface area contributed by atoms with Crippen LogP contribution in [0, 0.1) is 6.42 Å². The molecule has 0 bridgehead atoms. The zero-order valence-electron chi connectivity index (χ0n) is 6.74. The Balaban J connectivity index is 2.73. The lowest BCUT2D eigenvalue weighted by Crippen LogP contribution is -2.07. The molecule has 0 saturated carbocycles. The lowest BCUT2D eigenvalue weighted by atomic mass is 10.3. The molecular formula is C8H11N2S. The van der Waals surface area contributed by atoms with Crippen molar-refractivity contribution < 1.29 is 0 Å². The normalized spacial score (nSPS) is 9.64. The van der Waals surface area contributed by atoms with E-state index in [1.807, 2.05) is 30.8 Å². The molecule has 0 N–H and O–H groups in total. The molecule has 0 aliphatic heterocycles. The highest BCUT2D eigenvalue weighted by Gasteiger charge is 2.00. The van der Waals surface area contributed by atoms with E-state index in [0.29, 0.717) is 0 Å². The highest BCUT2D eigenvalue weighted by Crippen LogP contribution is 2.18.